The van der Waals surface area contributed by atoms with Gasteiger partial charge < -0.3 is 5.32 Å². The fourth-order valence-electron chi connectivity index (χ4n) is 4.18. The summed E-state index contributed by atoms with van der Waals surface area (Å²) >= 11 is 0. The third-order valence-corrected chi connectivity index (χ3v) is 8.58. The summed E-state index contributed by atoms with van der Waals surface area (Å²) in [6, 6.07) is 7.06. The normalized spacial score (nSPS) is 17.7. The van der Waals surface area contributed by atoms with Crippen LogP contribution in [0.1, 0.15) is 52.6 Å². The maximum Gasteiger partial charge on any atom is 0.244 e. The number of aryl methyl sites for hydroxylation is 4. The van der Waals surface area contributed by atoms with Crippen molar-refractivity contribution < 1.29 is 13.2 Å². The number of nitrogens with one attached hydrogen (secondary N) is 1. The summed E-state index contributed by atoms with van der Waals surface area (Å²) in [5, 5.41) is 2.94. The molecule has 1 fully saturated rings. The number of anilines is 1. The van der Waals surface area contributed by atoms with E-state index in [1.165, 1.54) is 4.31 Å². The molecule has 0 radical (unpaired) electrons. The average molecular weight is 429 g/mol. The van der Waals surface area contributed by atoms with Gasteiger partial charge in [-0.3, -0.25) is 4.79 Å². The van der Waals surface area contributed by atoms with E-state index in [0.717, 1.165) is 46.2 Å². The highest BCUT2D eigenvalue weighted by Crippen LogP contribution is 2.32. The highest BCUT2D eigenvalue weighted by molar-refractivity contribution is 7.89. The van der Waals surface area contributed by atoms with Gasteiger partial charge in [0.2, 0.25) is 15.9 Å². The van der Waals surface area contributed by atoms with Gasteiger partial charge in [0.25, 0.3) is 0 Å². The molecular weight excluding hydrogens is 396 g/mol. The number of hydrogen-bond donors (Lipinski definition) is 1. The summed E-state index contributed by atoms with van der Waals surface area (Å²) < 4.78 is 28.9. The molecule has 2 aromatic rings. The molecule has 1 aliphatic heterocycles. The number of sulfonamides is 1. The second-order valence-corrected chi connectivity index (χ2v) is 10.3. The van der Waals surface area contributed by atoms with Gasteiger partial charge in [-0.15, -0.1) is 0 Å². The van der Waals surface area contributed by atoms with Crippen molar-refractivity contribution in [3.8, 4) is 0 Å². The van der Waals surface area contributed by atoms with Crippen LogP contribution in [0.15, 0.2) is 29.2 Å². The van der Waals surface area contributed by atoms with E-state index >= 15 is 0 Å². The van der Waals surface area contributed by atoms with Crippen LogP contribution in [0.3, 0.4) is 0 Å². The minimum atomic E-state index is -3.80. The Bertz CT molecular complexity index is 1060. The summed E-state index contributed by atoms with van der Waals surface area (Å²) in [5.74, 6) is -0.263. The molecule has 1 aliphatic rings. The van der Waals surface area contributed by atoms with Crippen molar-refractivity contribution in [3.63, 3.8) is 0 Å². The van der Waals surface area contributed by atoms with Gasteiger partial charge >= 0.3 is 0 Å². The molecule has 0 unspecified atom stereocenters. The topological polar surface area (TPSA) is 66.5 Å². The average Bonchev–Trinajstić information content (AvgIpc) is 2.69. The molecule has 1 atom stereocenters. The molecule has 0 aliphatic carbocycles. The third-order valence-electron chi connectivity index (χ3n) is 6.39. The number of carbonyl (C=O) groups excluding carboxylic acids is 1. The minimum absolute atomic E-state index is 0.263. The summed E-state index contributed by atoms with van der Waals surface area (Å²) in [4.78, 5) is 13.5. The van der Waals surface area contributed by atoms with Crippen molar-refractivity contribution in [1.29, 1.82) is 0 Å². The molecule has 6 heteroatoms. The molecule has 1 saturated heterocycles. The van der Waals surface area contributed by atoms with Gasteiger partial charge in [-0.25, -0.2) is 8.42 Å². The molecule has 5 nitrogen and oxygen atoms in total. The monoisotopic (exact) mass is 428 g/mol. The third kappa shape index (κ3) is 4.16. The first-order valence-electron chi connectivity index (χ1n) is 10.5. The van der Waals surface area contributed by atoms with Crippen LogP contribution in [0.4, 0.5) is 5.69 Å². The van der Waals surface area contributed by atoms with Crippen molar-refractivity contribution >= 4 is 21.6 Å². The van der Waals surface area contributed by atoms with Gasteiger partial charge in [0.05, 0.1) is 4.90 Å². The molecule has 0 bridgehead atoms. The molecule has 1 amide bonds. The van der Waals surface area contributed by atoms with Crippen LogP contribution in [0.5, 0.6) is 0 Å². The maximum atomic E-state index is 13.7. The zero-order chi connectivity index (χ0) is 22.2. The van der Waals surface area contributed by atoms with E-state index in [9.17, 15) is 13.2 Å². The second kappa shape index (κ2) is 8.52. The zero-order valence-electron chi connectivity index (χ0n) is 18.8. The number of piperidine rings is 1. The number of nitrogens with zero attached hydrogens (tertiary/aromatic N) is 1. The molecule has 3 rings (SSSR count). The number of hydrogen-bond acceptors (Lipinski definition) is 3. The number of carbonyl (C=O) groups is 1. The Labute approximate surface area is 180 Å². The predicted octanol–water partition coefficient (Wildman–Crippen LogP) is 4.72. The smallest absolute Gasteiger partial charge is 0.244 e. The molecule has 1 heterocycles. The largest absolute Gasteiger partial charge is 0.325 e. The highest BCUT2D eigenvalue weighted by atomic mass is 32.2. The lowest BCUT2D eigenvalue weighted by atomic mass is 10.0. The van der Waals surface area contributed by atoms with Crippen LogP contribution in [-0.4, -0.2) is 31.2 Å². The van der Waals surface area contributed by atoms with Gasteiger partial charge in [0.1, 0.15) is 6.04 Å². The molecular formula is C24H32N2O3S. The number of amides is 1. The molecule has 1 N–H and O–H groups in total. The van der Waals surface area contributed by atoms with E-state index in [4.69, 9.17) is 0 Å². The van der Waals surface area contributed by atoms with Crippen molar-refractivity contribution in [3.05, 3.63) is 57.6 Å². The Morgan fingerprint density at radius 2 is 1.53 bits per heavy atom. The van der Waals surface area contributed by atoms with Gasteiger partial charge in [0.15, 0.2) is 0 Å². The van der Waals surface area contributed by atoms with Crippen LogP contribution in [0, 0.1) is 41.5 Å². The minimum Gasteiger partial charge on any atom is -0.325 e. The van der Waals surface area contributed by atoms with Gasteiger partial charge in [-0.2, -0.15) is 4.31 Å². The van der Waals surface area contributed by atoms with Crippen molar-refractivity contribution in [2.24, 2.45) is 0 Å². The summed E-state index contributed by atoms with van der Waals surface area (Å²) in [5.41, 5.74) is 6.35. The lowest BCUT2D eigenvalue weighted by molar-refractivity contribution is -0.120. The predicted molar refractivity (Wildman–Crippen MR) is 121 cm³/mol. The van der Waals surface area contributed by atoms with Gasteiger partial charge in [-0.1, -0.05) is 18.6 Å². The van der Waals surface area contributed by atoms with E-state index < -0.39 is 16.1 Å². The Morgan fingerprint density at radius 1 is 0.900 bits per heavy atom. The van der Waals surface area contributed by atoms with E-state index in [2.05, 4.69) is 5.32 Å². The molecule has 30 heavy (non-hydrogen) atoms. The van der Waals surface area contributed by atoms with Crippen LogP contribution in [-0.2, 0) is 14.8 Å². The van der Waals surface area contributed by atoms with E-state index in [1.54, 1.807) is 0 Å². The van der Waals surface area contributed by atoms with Crippen LogP contribution < -0.4 is 5.32 Å². The standard InChI is InChI=1S/C24H32N2O3S/c1-15-10-11-21(14-16(15)2)25-24(27)22-9-7-8-12-26(22)30(28,29)23-19(5)17(3)13-18(4)20(23)6/h10-11,13-14,22H,7-9,12H2,1-6H3,(H,25,27)/t22-/m0/s1. The Kier molecular flexibility index (Phi) is 6.39. The SMILES string of the molecule is Cc1ccc(NC(=O)[C@@H]2CCCCN2S(=O)(=O)c2c(C)c(C)cc(C)c2C)cc1C. The molecule has 0 aromatic heterocycles. The van der Waals surface area contributed by atoms with E-state index in [-0.39, 0.29) is 5.91 Å². The fraction of sp³-hybridized carbons (Fsp3) is 0.458. The zero-order valence-corrected chi connectivity index (χ0v) is 19.6. The molecule has 0 spiro atoms. The molecule has 162 valence electrons. The van der Waals surface area contributed by atoms with E-state index in [0.29, 0.717) is 23.5 Å². The lowest BCUT2D eigenvalue weighted by Crippen LogP contribution is -2.50. The van der Waals surface area contributed by atoms with Gasteiger partial charge in [0, 0.05) is 12.2 Å². The second-order valence-electron chi connectivity index (χ2n) is 8.51. The van der Waals surface area contributed by atoms with Crippen molar-refractivity contribution in [1.82, 2.24) is 4.31 Å². The Balaban J connectivity index is 1.97. The first-order valence-corrected chi connectivity index (χ1v) is 12.0. The Morgan fingerprint density at radius 3 is 2.13 bits per heavy atom. The Hall–Kier alpha value is -2.18. The quantitative estimate of drug-likeness (QED) is 0.766. The van der Waals surface area contributed by atoms with Crippen molar-refractivity contribution in [2.45, 2.75) is 71.7 Å². The van der Waals surface area contributed by atoms with Crippen molar-refractivity contribution in [2.75, 3.05) is 11.9 Å². The molecule has 0 saturated carbocycles. The van der Waals surface area contributed by atoms with Crippen LogP contribution in [0.2, 0.25) is 0 Å². The van der Waals surface area contributed by atoms with Crippen LogP contribution in [0.25, 0.3) is 0 Å². The summed E-state index contributed by atoms with van der Waals surface area (Å²) in [6.07, 6.45) is 2.12. The summed E-state index contributed by atoms with van der Waals surface area (Å²) in [7, 11) is -3.80. The first-order chi connectivity index (χ1) is 14.0. The fourth-order valence-corrected chi connectivity index (χ4v) is 6.42. The number of benzene rings is 2. The lowest BCUT2D eigenvalue weighted by Gasteiger charge is -2.34. The first kappa shape index (κ1) is 22.5. The van der Waals surface area contributed by atoms with Gasteiger partial charge in [-0.05, 0) is 99.9 Å². The number of rotatable bonds is 4. The van der Waals surface area contributed by atoms with E-state index in [1.807, 2.05) is 65.8 Å². The molecule has 2 aromatic carbocycles. The maximum absolute atomic E-state index is 13.7. The van der Waals surface area contributed by atoms with Crippen LogP contribution >= 0.6 is 0 Å². The summed E-state index contributed by atoms with van der Waals surface area (Å²) in [6.45, 7) is 11.9. The highest BCUT2D eigenvalue weighted by Gasteiger charge is 2.39.